The fourth-order valence-electron chi connectivity index (χ4n) is 1.93. The standard InChI is InChI=1S/C17H16IN3O3S/c1-12(14-3-2-4-15(18)9-14)19-20-17(22)11-25-10-13-5-7-16(8-6-13)21(23)24/h2-9H,10-11H2,1H3,(H,20,22)/b19-12-. The normalized spacial score (nSPS) is 11.2. The predicted molar refractivity (Wildman–Crippen MR) is 109 cm³/mol. The zero-order valence-corrected chi connectivity index (χ0v) is 16.4. The molecule has 130 valence electrons. The lowest BCUT2D eigenvalue weighted by molar-refractivity contribution is -0.384. The Morgan fingerprint density at radius 2 is 2.00 bits per heavy atom. The third-order valence-electron chi connectivity index (χ3n) is 3.24. The summed E-state index contributed by atoms with van der Waals surface area (Å²) in [7, 11) is 0. The van der Waals surface area contributed by atoms with Crippen molar-refractivity contribution in [3.8, 4) is 0 Å². The SMILES string of the molecule is C/C(=N/NC(=O)CSCc1ccc([N+](=O)[O-])cc1)c1cccc(I)c1. The maximum atomic E-state index is 11.8. The summed E-state index contributed by atoms with van der Waals surface area (Å²) in [6, 6.07) is 14.2. The van der Waals surface area contributed by atoms with Gasteiger partial charge in [0.25, 0.3) is 5.69 Å². The van der Waals surface area contributed by atoms with Gasteiger partial charge in [-0.3, -0.25) is 14.9 Å². The molecule has 0 saturated carbocycles. The Kier molecular flexibility index (Phi) is 7.38. The minimum absolute atomic E-state index is 0.0619. The Bertz CT molecular complexity index is 794. The molecule has 0 saturated heterocycles. The first kappa shape index (κ1) is 19.4. The fraction of sp³-hybridized carbons (Fsp3) is 0.176. The largest absolute Gasteiger partial charge is 0.272 e. The van der Waals surface area contributed by atoms with Crippen LogP contribution < -0.4 is 5.43 Å². The summed E-state index contributed by atoms with van der Waals surface area (Å²) in [5, 5.41) is 14.7. The highest BCUT2D eigenvalue weighted by Crippen LogP contribution is 2.16. The predicted octanol–water partition coefficient (Wildman–Crippen LogP) is 3.97. The van der Waals surface area contributed by atoms with Gasteiger partial charge in [0.05, 0.1) is 16.4 Å². The van der Waals surface area contributed by atoms with E-state index in [1.54, 1.807) is 12.1 Å². The summed E-state index contributed by atoms with van der Waals surface area (Å²) < 4.78 is 1.11. The molecule has 0 fully saturated rings. The maximum Gasteiger partial charge on any atom is 0.269 e. The molecule has 0 heterocycles. The van der Waals surface area contributed by atoms with Gasteiger partial charge in [0.2, 0.25) is 5.91 Å². The van der Waals surface area contributed by atoms with Crippen LogP contribution in [0.5, 0.6) is 0 Å². The molecule has 0 aliphatic carbocycles. The number of benzene rings is 2. The Hall–Kier alpha value is -1.94. The number of nitrogens with one attached hydrogen (secondary N) is 1. The Morgan fingerprint density at radius 3 is 2.64 bits per heavy atom. The van der Waals surface area contributed by atoms with E-state index in [2.05, 4.69) is 33.1 Å². The van der Waals surface area contributed by atoms with Gasteiger partial charge in [-0.2, -0.15) is 5.10 Å². The van der Waals surface area contributed by atoms with Crippen LogP contribution in [0.1, 0.15) is 18.1 Å². The number of hydrazone groups is 1. The third kappa shape index (κ3) is 6.46. The number of amides is 1. The van der Waals surface area contributed by atoms with Crippen molar-refractivity contribution >= 4 is 51.7 Å². The topological polar surface area (TPSA) is 84.6 Å². The van der Waals surface area contributed by atoms with E-state index < -0.39 is 4.92 Å². The van der Waals surface area contributed by atoms with Gasteiger partial charge in [0, 0.05) is 21.5 Å². The number of halogens is 1. The monoisotopic (exact) mass is 469 g/mol. The molecular weight excluding hydrogens is 453 g/mol. The van der Waals surface area contributed by atoms with E-state index in [-0.39, 0.29) is 17.3 Å². The number of non-ortho nitro benzene ring substituents is 1. The lowest BCUT2D eigenvalue weighted by Gasteiger charge is -2.04. The molecule has 0 aliphatic heterocycles. The summed E-state index contributed by atoms with van der Waals surface area (Å²) >= 11 is 3.65. The summed E-state index contributed by atoms with van der Waals surface area (Å²) in [5.41, 5.74) is 5.25. The second-order valence-corrected chi connectivity index (χ2v) is 7.39. The zero-order chi connectivity index (χ0) is 18.2. The van der Waals surface area contributed by atoms with Crippen LogP contribution in [0.2, 0.25) is 0 Å². The molecule has 1 N–H and O–H groups in total. The van der Waals surface area contributed by atoms with Crippen molar-refractivity contribution in [3.63, 3.8) is 0 Å². The summed E-state index contributed by atoms with van der Waals surface area (Å²) in [4.78, 5) is 22.0. The lowest BCUT2D eigenvalue weighted by Crippen LogP contribution is -2.21. The average molecular weight is 469 g/mol. The van der Waals surface area contributed by atoms with E-state index in [1.807, 2.05) is 31.2 Å². The molecule has 0 unspecified atom stereocenters. The van der Waals surface area contributed by atoms with Gasteiger partial charge in [-0.15, -0.1) is 11.8 Å². The van der Waals surface area contributed by atoms with Crippen molar-refractivity contribution in [2.24, 2.45) is 5.10 Å². The Balaban J connectivity index is 1.78. The van der Waals surface area contributed by atoms with Gasteiger partial charge in [-0.05, 0) is 52.8 Å². The van der Waals surface area contributed by atoms with Gasteiger partial charge in [0.1, 0.15) is 0 Å². The fourth-order valence-corrected chi connectivity index (χ4v) is 3.26. The van der Waals surface area contributed by atoms with E-state index in [4.69, 9.17) is 0 Å². The summed E-state index contributed by atoms with van der Waals surface area (Å²) in [6.07, 6.45) is 0. The number of nitrogens with zero attached hydrogens (tertiary/aromatic N) is 2. The average Bonchev–Trinajstić information content (AvgIpc) is 2.60. The first-order valence-electron chi connectivity index (χ1n) is 7.36. The van der Waals surface area contributed by atoms with Gasteiger partial charge in [-0.25, -0.2) is 5.43 Å². The molecule has 0 atom stereocenters. The zero-order valence-electron chi connectivity index (χ0n) is 13.4. The number of carbonyl (C=O) groups is 1. The molecular formula is C17H16IN3O3S. The van der Waals surface area contributed by atoms with Crippen molar-refractivity contribution < 1.29 is 9.72 Å². The molecule has 2 aromatic carbocycles. The second kappa shape index (κ2) is 9.52. The van der Waals surface area contributed by atoms with E-state index in [1.165, 1.54) is 23.9 Å². The van der Waals surface area contributed by atoms with E-state index in [0.29, 0.717) is 5.75 Å². The molecule has 1 amide bonds. The second-order valence-electron chi connectivity index (χ2n) is 5.16. The number of nitro benzene ring substituents is 1. The molecule has 8 heteroatoms. The van der Waals surface area contributed by atoms with Crippen LogP contribution in [-0.4, -0.2) is 22.3 Å². The van der Waals surface area contributed by atoms with Crippen molar-refractivity contribution in [2.45, 2.75) is 12.7 Å². The molecule has 0 aromatic heterocycles. The summed E-state index contributed by atoms with van der Waals surface area (Å²) in [5.74, 6) is 0.683. The molecule has 0 radical (unpaired) electrons. The number of rotatable bonds is 7. The first-order chi connectivity index (χ1) is 12.0. The molecule has 0 aliphatic rings. The molecule has 2 rings (SSSR count). The minimum atomic E-state index is -0.432. The van der Waals surface area contributed by atoms with Crippen LogP contribution in [0.4, 0.5) is 5.69 Å². The van der Waals surface area contributed by atoms with E-state index in [9.17, 15) is 14.9 Å². The van der Waals surface area contributed by atoms with Crippen LogP contribution in [0, 0.1) is 13.7 Å². The highest BCUT2D eigenvalue weighted by Gasteiger charge is 2.06. The van der Waals surface area contributed by atoms with Gasteiger partial charge >= 0.3 is 0 Å². The third-order valence-corrected chi connectivity index (χ3v) is 4.91. The van der Waals surface area contributed by atoms with E-state index in [0.717, 1.165) is 20.4 Å². The van der Waals surface area contributed by atoms with Gasteiger partial charge in [-0.1, -0.05) is 24.3 Å². The molecule has 2 aromatic rings. The number of carbonyl (C=O) groups excluding carboxylic acids is 1. The van der Waals surface area contributed by atoms with Crippen LogP contribution in [0.15, 0.2) is 53.6 Å². The van der Waals surface area contributed by atoms with Crippen molar-refractivity contribution in [1.29, 1.82) is 0 Å². The van der Waals surface area contributed by atoms with Crippen molar-refractivity contribution in [2.75, 3.05) is 5.75 Å². The van der Waals surface area contributed by atoms with Crippen LogP contribution in [0.3, 0.4) is 0 Å². The Morgan fingerprint density at radius 1 is 1.28 bits per heavy atom. The summed E-state index contributed by atoms with van der Waals surface area (Å²) in [6.45, 7) is 1.84. The first-order valence-corrected chi connectivity index (χ1v) is 9.59. The molecule has 25 heavy (non-hydrogen) atoms. The number of thioether (sulfide) groups is 1. The highest BCUT2D eigenvalue weighted by molar-refractivity contribution is 14.1. The maximum absolute atomic E-state index is 11.8. The van der Waals surface area contributed by atoms with Crippen molar-refractivity contribution in [1.82, 2.24) is 5.43 Å². The highest BCUT2D eigenvalue weighted by atomic mass is 127. The number of hydrogen-bond acceptors (Lipinski definition) is 5. The number of nitro groups is 1. The van der Waals surface area contributed by atoms with Crippen LogP contribution in [0.25, 0.3) is 0 Å². The quantitative estimate of drug-likeness (QED) is 0.288. The number of hydrogen-bond donors (Lipinski definition) is 1. The molecule has 0 bridgehead atoms. The smallest absolute Gasteiger partial charge is 0.269 e. The lowest BCUT2D eigenvalue weighted by atomic mass is 10.1. The minimum Gasteiger partial charge on any atom is -0.272 e. The molecule has 0 spiro atoms. The van der Waals surface area contributed by atoms with Gasteiger partial charge < -0.3 is 0 Å². The van der Waals surface area contributed by atoms with Crippen LogP contribution in [-0.2, 0) is 10.5 Å². The van der Waals surface area contributed by atoms with Crippen molar-refractivity contribution in [3.05, 3.63) is 73.3 Å². The van der Waals surface area contributed by atoms with E-state index >= 15 is 0 Å². The molecule has 6 nitrogen and oxygen atoms in total. The van der Waals surface area contributed by atoms with Crippen LogP contribution >= 0.6 is 34.4 Å². The Labute approximate surface area is 163 Å². The van der Waals surface area contributed by atoms with Gasteiger partial charge in [0.15, 0.2) is 0 Å².